The van der Waals surface area contributed by atoms with Crippen LogP contribution in [0.5, 0.6) is 0 Å². The van der Waals surface area contributed by atoms with Crippen LogP contribution >= 0.6 is 11.6 Å². The van der Waals surface area contributed by atoms with Gasteiger partial charge in [-0.2, -0.15) is 0 Å². The third kappa shape index (κ3) is 2.12. The number of aromatic nitrogens is 1. The van der Waals surface area contributed by atoms with E-state index >= 15 is 0 Å². The van der Waals surface area contributed by atoms with Crippen molar-refractivity contribution in [3.63, 3.8) is 0 Å². The van der Waals surface area contributed by atoms with Crippen LogP contribution in [0.15, 0.2) is 36.5 Å². The molecule has 2 aromatic carbocycles. The Balaban J connectivity index is 1.87. The Labute approximate surface area is 161 Å². The molecular formula is C21H18ClN3O2. The minimum absolute atomic E-state index is 0.0326. The summed E-state index contributed by atoms with van der Waals surface area (Å²) < 4.78 is 0. The number of nitrogens with one attached hydrogen (secondary N) is 3. The number of H-pyrrole nitrogens is 1. The molecule has 1 aromatic heterocycles. The van der Waals surface area contributed by atoms with Gasteiger partial charge in [0.2, 0.25) is 11.8 Å². The van der Waals surface area contributed by atoms with E-state index in [1.54, 1.807) is 18.2 Å². The van der Waals surface area contributed by atoms with Gasteiger partial charge in [0.1, 0.15) is 5.41 Å². The lowest BCUT2D eigenvalue weighted by Gasteiger charge is -2.25. The Hall–Kier alpha value is -2.79. The number of anilines is 2. The van der Waals surface area contributed by atoms with Gasteiger partial charge in [0.25, 0.3) is 0 Å². The normalized spacial score (nSPS) is 20.7. The zero-order chi connectivity index (χ0) is 18.9. The zero-order valence-electron chi connectivity index (χ0n) is 14.9. The Morgan fingerprint density at radius 3 is 2.63 bits per heavy atom. The molecule has 3 heterocycles. The Morgan fingerprint density at radius 2 is 1.85 bits per heavy atom. The molecule has 1 spiro atoms. The maximum absolute atomic E-state index is 13.2. The largest absolute Gasteiger partial charge is 0.361 e. The van der Waals surface area contributed by atoms with Crippen molar-refractivity contribution in [3.8, 4) is 0 Å². The Kier molecular flexibility index (Phi) is 3.25. The number of aromatic amines is 1. The highest BCUT2D eigenvalue weighted by Crippen LogP contribution is 2.51. The van der Waals surface area contributed by atoms with E-state index in [1.165, 1.54) is 0 Å². The number of carbonyl (C=O) groups excluding carboxylic acids is 2. The monoisotopic (exact) mass is 379 g/mol. The van der Waals surface area contributed by atoms with Crippen LogP contribution < -0.4 is 10.6 Å². The Bertz CT molecular complexity index is 1150. The van der Waals surface area contributed by atoms with Gasteiger partial charge in [0.05, 0.1) is 5.69 Å². The molecule has 2 aliphatic heterocycles. The highest BCUT2D eigenvalue weighted by molar-refractivity contribution is 6.31. The molecule has 2 amide bonds. The average Bonchev–Trinajstić information content (AvgIpc) is 3.11. The van der Waals surface area contributed by atoms with Crippen LogP contribution in [0, 0.1) is 0 Å². The number of halogens is 1. The van der Waals surface area contributed by atoms with E-state index in [2.05, 4.69) is 35.5 Å². The maximum Gasteiger partial charge on any atom is 0.240 e. The van der Waals surface area contributed by atoms with Crippen LogP contribution in [-0.4, -0.2) is 16.8 Å². The van der Waals surface area contributed by atoms with Crippen molar-refractivity contribution in [1.29, 1.82) is 0 Å². The first-order valence-electron chi connectivity index (χ1n) is 8.97. The Morgan fingerprint density at radius 1 is 1.04 bits per heavy atom. The summed E-state index contributed by atoms with van der Waals surface area (Å²) in [5, 5.41) is 7.37. The molecule has 2 aliphatic rings. The van der Waals surface area contributed by atoms with E-state index in [1.807, 2.05) is 12.3 Å². The third-order valence-electron chi connectivity index (χ3n) is 5.71. The number of rotatable bonds is 1. The number of hydrogen-bond acceptors (Lipinski definition) is 2. The first-order valence-corrected chi connectivity index (χ1v) is 9.35. The lowest BCUT2D eigenvalue weighted by atomic mass is 9.73. The van der Waals surface area contributed by atoms with Crippen molar-refractivity contribution in [2.75, 3.05) is 10.6 Å². The molecule has 0 fully saturated rings. The summed E-state index contributed by atoms with van der Waals surface area (Å²) in [5.74, 6) is -0.0613. The number of carbonyl (C=O) groups is 2. The van der Waals surface area contributed by atoms with Gasteiger partial charge < -0.3 is 15.6 Å². The second kappa shape index (κ2) is 5.36. The van der Waals surface area contributed by atoms with Crippen molar-refractivity contribution >= 4 is 45.7 Å². The zero-order valence-corrected chi connectivity index (χ0v) is 15.7. The standard InChI is InChI=1S/C21H18ClN3O2/c1-10(2)11-5-16-19-14(9-23-16)21(8-18(26)24-17(19)6-11)13-7-12(22)3-4-15(13)25-20(21)27/h3-7,9-10,23H,8H2,1-2H3,(H,24,26)(H,25,27). The fourth-order valence-corrected chi connectivity index (χ4v) is 4.53. The van der Waals surface area contributed by atoms with Crippen molar-refractivity contribution < 1.29 is 9.59 Å². The summed E-state index contributed by atoms with van der Waals surface area (Å²) in [7, 11) is 0. The summed E-state index contributed by atoms with van der Waals surface area (Å²) in [6.07, 6.45) is 1.89. The van der Waals surface area contributed by atoms with Gasteiger partial charge >= 0.3 is 0 Å². The molecule has 3 aromatic rings. The summed E-state index contributed by atoms with van der Waals surface area (Å²) in [5.41, 5.74) is 3.95. The predicted octanol–water partition coefficient (Wildman–Crippen LogP) is 4.53. The fourth-order valence-electron chi connectivity index (χ4n) is 4.36. The fraction of sp³-hybridized carbons (Fsp3) is 0.238. The SMILES string of the molecule is CC(C)c1cc2c3c(c[nH]c3c1)C1(CC(=O)N2)C(=O)Nc2ccc(Cl)cc21. The smallest absolute Gasteiger partial charge is 0.240 e. The number of fused-ring (bicyclic) bond motifs is 3. The molecule has 1 unspecified atom stereocenters. The topological polar surface area (TPSA) is 74.0 Å². The molecule has 1 atom stereocenters. The molecule has 27 heavy (non-hydrogen) atoms. The van der Waals surface area contributed by atoms with Crippen molar-refractivity contribution in [3.05, 3.63) is 58.2 Å². The molecule has 0 bridgehead atoms. The second-order valence-electron chi connectivity index (χ2n) is 7.62. The number of benzene rings is 2. The van der Waals surface area contributed by atoms with E-state index in [-0.39, 0.29) is 18.2 Å². The highest BCUT2D eigenvalue weighted by atomic mass is 35.5. The van der Waals surface area contributed by atoms with Gasteiger partial charge in [0, 0.05) is 39.8 Å². The van der Waals surface area contributed by atoms with Gasteiger partial charge in [-0.1, -0.05) is 25.4 Å². The van der Waals surface area contributed by atoms with Gasteiger partial charge in [-0.3, -0.25) is 9.59 Å². The van der Waals surface area contributed by atoms with Crippen LogP contribution in [0.3, 0.4) is 0 Å². The van der Waals surface area contributed by atoms with Crippen LogP contribution in [0.4, 0.5) is 11.4 Å². The molecule has 0 saturated heterocycles. The molecule has 0 saturated carbocycles. The molecule has 0 radical (unpaired) electrons. The average molecular weight is 380 g/mol. The van der Waals surface area contributed by atoms with Crippen LogP contribution in [0.2, 0.25) is 5.02 Å². The first kappa shape index (κ1) is 16.4. The quantitative estimate of drug-likeness (QED) is 0.581. The lowest BCUT2D eigenvalue weighted by Crippen LogP contribution is -2.38. The van der Waals surface area contributed by atoms with Gasteiger partial charge in [-0.25, -0.2) is 0 Å². The summed E-state index contributed by atoms with van der Waals surface area (Å²) in [6, 6.07) is 9.41. The van der Waals surface area contributed by atoms with Gasteiger partial charge in [-0.05, 0) is 47.4 Å². The van der Waals surface area contributed by atoms with Gasteiger partial charge in [-0.15, -0.1) is 0 Å². The van der Waals surface area contributed by atoms with E-state index in [0.29, 0.717) is 16.6 Å². The van der Waals surface area contributed by atoms with Gasteiger partial charge in [0.15, 0.2) is 0 Å². The minimum atomic E-state index is -1.09. The summed E-state index contributed by atoms with van der Waals surface area (Å²) in [4.78, 5) is 29.3. The molecule has 5 nitrogen and oxygen atoms in total. The second-order valence-corrected chi connectivity index (χ2v) is 8.06. The van der Waals surface area contributed by atoms with Crippen LogP contribution in [0.25, 0.3) is 10.9 Å². The molecule has 0 aliphatic carbocycles. The third-order valence-corrected chi connectivity index (χ3v) is 5.94. The molecular weight excluding hydrogens is 362 g/mol. The van der Waals surface area contributed by atoms with E-state index in [0.717, 1.165) is 33.3 Å². The number of hydrogen-bond donors (Lipinski definition) is 3. The van der Waals surface area contributed by atoms with Crippen LogP contribution in [-0.2, 0) is 15.0 Å². The summed E-state index contributed by atoms with van der Waals surface area (Å²) in [6.45, 7) is 4.22. The minimum Gasteiger partial charge on any atom is -0.361 e. The predicted molar refractivity (Wildman–Crippen MR) is 106 cm³/mol. The van der Waals surface area contributed by atoms with E-state index < -0.39 is 5.41 Å². The number of amides is 2. The maximum atomic E-state index is 13.2. The first-order chi connectivity index (χ1) is 12.9. The van der Waals surface area contributed by atoms with Crippen molar-refractivity contribution in [2.45, 2.75) is 31.6 Å². The van der Waals surface area contributed by atoms with E-state index in [4.69, 9.17) is 11.6 Å². The van der Waals surface area contributed by atoms with E-state index in [9.17, 15) is 9.59 Å². The van der Waals surface area contributed by atoms with Crippen molar-refractivity contribution in [2.24, 2.45) is 0 Å². The molecule has 6 heteroatoms. The van der Waals surface area contributed by atoms with Crippen LogP contribution in [0.1, 0.15) is 42.9 Å². The molecule has 3 N–H and O–H groups in total. The summed E-state index contributed by atoms with van der Waals surface area (Å²) >= 11 is 6.24. The molecule has 136 valence electrons. The highest BCUT2D eigenvalue weighted by Gasteiger charge is 2.52. The van der Waals surface area contributed by atoms with Crippen molar-refractivity contribution in [1.82, 2.24) is 4.98 Å². The molecule has 5 rings (SSSR count). The lowest BCUT2D eigenvalue weighted by molar-refractivity contribution is -0.124.